The number of fused-ring (bicyclic) bond motifs is 1. The van der Waals surface area contributed by atoms with Crippen molar-refractivity contribution in [3.05, 3.63) is 93.8 Å². The fraction of sp³-hybridized carbons (Fsp3) is 0.148. The zero-order valence-corrected chi connectivity index (χ0v) is 19.7. The molecule has 1 aromatic heterocycles. The Morgan fingerprint density at radius 1 is 1.11 bits per heavy atom. The van der Waals surface area contributed by atoms with E-state index in [0.29, 0.717) is 22.0 Å². The van der Waals surface area contributed by atoms with Crippen LogP contribution in [0.15, 0.2) is 65.2 Å². The molecule has 35 heavy (non-hydrogen) atoms. The second-order valence-corrected chi connectivity index (χ2v) is 8.29. The van der Waals surface area contributed by atoms with Crippen LogP contribution in [0.2, 0.25) is 5.02 Å². The van der Waals surface area contributed by atoms with E-state index in [1.54, 1.807) is 38.1 Å². The van der Waals surface area contributed by atoms with Gasteiger partial charge in [0, 0.05) is 16.1 Å². The second-order valence-electron chi connectivity index (χ2n) is 7.88. The average Bonchev–Trinajstić information content (AvgIpc) is 3.16. The van der Waals surface area contributed by atoms with Crippen LogP contribution in [0, 0.1) is 18.8 Å². The number of anilines is 1. The molecule has 0 bridgehead atoms. The number of halogens is 1. The molecule has 1 atom stereocenters. The Balaban J connectivity index is 1.50. The molecule has 1 heterocycles. The van der Waals surface area contributed by atoms with Gasteiger partial charge in [-0.05, 0) is 54.3 Å². The number of nitrogens with one attached hydrogen (secondary N) is 1. The van der Waals surface area contributed by atoms with Crippen molar-refractivity contribution in [3.8, 4) is 11.8 Å². The zero-order valence-electron chi connectivity index (χ0n) is 19.0. The van der Waals surface area contributed by atoms with Crippen LogP contribution in [0.5, 0.6) is 0 Å². The first-order chi connectivity index (χ1) is 16.8. The number of amides is 1. The van der Waals surface area contributed by atoms with Crippen LogP contribution in [-0.2, 0) is 16.0 Å². The van der Waals surface area contributed by atoms with Crippen LogP contribution in [0.3, 0.4) is 0 Å². The number of aliphatic carboxylic acids is 1. The van der Waals surface area contributed by atoms with Gasteiger partial charge in [0.2, 0.25) is 5.76 Å². The van der Waals surface area contributed by atoms with Gasteiger partial charge in [0.1, 0.15) is 17.5 Å². The number of rotatable bonds is 5. The largest absolute Gasteiger partial charge is 0.481 e. The van der Waals surface area contributed by atoms with Crippen LogP contribution >= 0.6 is 11.6 Å². The first-order valence-corrected chi connectivity index (χ1v) is 11.1. The zero-order chi connectivity index (χ0) is 24.9. The number of ether oxygens (including phenoxy) is 1. The van der Waals surface area contributed by atoms with E-state index in [9.17, 15) is 9.59 Å². The smallest absolute Gasteiger partial charge is 0.412 e. The van der Waals surface area contributed by atoms with Crippen molar-refractivity contribution in [2.75, 3.05) is 5.32 Å². The molecular formula is C27H21ClN2O5. The second kappa shape index (κ2) is 10.3. The number of aromatic nitrogens is 1. The van der Waals surface area contributed by atoms with Crippen LogP contribution in [0.4, 0.5) is 10.5 Å². The molecule has 1 unspecified atom stereocenters. The van der Waals surface area contributed by atoms with E-state index in [-0.39, 0.29) is 12.2 Å². The van der Waals surface area contributed by atoms with Gasteiger partial charge in [0.05, 0.1) is 6.42 Å². The lowest BCUT2D eigenvalue weighted by molar-refractivity contribution is -0.136. The molecule has 0 aliphatic rings. The molecule has 0 spiro atoms. The Morgan fingerprint density at radius 2 is 1.86 bits per heavy atom. The summed E-state index contributed by atoms with van der Waals surface area (Å²) >= 11 is 6.18. The van der Waals surface area contributed by atoms with E-state index < -0.39 is 18.2 Å². The molecule has 0 aliphatic carbocycles. The van der Waals surface area contributed by atoms with Crippen molar-refractivity contribution in [2.24, 2.45) is 0 Å². The molecular weight excluding hydrogens is 468 g/mol. The van der Waals surface area contributed by atoms with E-state index >= 15 is 0 Å². The van der Waals surface area contributed by atoms with Crippen LogP contribution < -0.4 is 5.32 Å². The van der Waals surface area contributed by atoms with E-state index in [0.717, 1.165) is 21.9 Å². The number of benzene rings is 3. The van der Waals surface area contributed by atoms with Crippen molar-refractivity contribution in [2.45, 2.75) is 26.4 Å². The number of aryl methyl sites for hydroxylation is 1. The summed E-state index contributed by atoms with van der Waals surface area (Å²) in [6.45, 7) is 3.42. The number of carbonyl (C=O) groups is 2. The number of nitrogens with zero attached hydrogens (tertiary/aromatic N) is 1. The molecule has 3 aromatic carbocycles. The highest BCUT2D eigenvalue weighted by Crippen LogP contribution is 2.26. The topological polar surface area (TPSA) is 102 Å². The van der Waals surface area contributed by atoms with E-state index in [1.807, 2.05) is 36.4 Å². The summed E-state index contributed by atoms with van der Waals surface area (Å²) in [6.07, 6.45) is -1.28. The Kier molecular flexibility index (Phi) is 7.04. The molecule has 4 aromatic rings. The van der Waals surface area contributed by atoms with Crippen LogP contribution in [-0.4, -0.2) is 22.3 Å². The molecule has 176 valence electrons. The minimum Gasteiger partial charge on any atom is -0.481 e. The SMILES string of the molecule is Cc1noc(C#Cc2ccc3cc(CC(=O)O)ccc3c2)c1NC(=O)OC(C)c1ccccc1Cl. The van der Waals surface area contributed by atoms with E-state index in [2.05, 4.69) is 22.3 Å². The minimum absolute atomic E-state index is 0.0300. The van der Waals surface area contributed by atoms with Crippen molar-refractivity contribution >= 4 is 40.1 Å². The quantitative estimate of drug-likeness (QED) is 0.328. The summed E-state index contributed by atoms with van der Waals surface area (Å²) < 4.78 is 10.8. The van der Waals surface area contributed by atoms with Crippen molar-refractivity contribution in [1.82, 2.24) is 5.16 Å². The maximum atomic E-state index is 12.5. The van der Waals surface area contributed by atoms with Gasteiger partial charge in [-0.25, -0.2) is 4.79 Å². The van der Waals surface area contributed by atoms with E-state index in [4.69, 9.17) is 26.0 Å². The van der Waals surface area contributed by atoms with Gasteiger partial charge in [0.15, 0.2) is 0 Å². The third kappa shape index (κ3) is 5.81. The lowest BCUT2D eigenvalue weighted by atomic mass is 10.0. The summed E-state index contributed by atoms with van der Waals surface area (Å²) in [6, 6.07) is 18.2. The Bertz CT molecular complexity index is 1480. The predicted octanol–water partition coefficient (Wildman–Crippen LogP) is 6.13. The standard InChI is InChI=1S/C27H21ClN2O5/c1-16-26(29-27(33)34-17(2)22-5-3-4-6-23(22)28)24(35-30-16)12-9-18-7-10-21-14-19(15-25(31)32)8-11-20(21)13-18/h3-8,10-11,13-14,17H,15H2,1-2H3,(H,29,33)(H,31,32). The van der Waals surface area contributed by atoms with Crippen LogP contribution in [0.1, 0.15) is 41.2 Å². The van der Waals surface area contributed by atoms with E-state index in [1.165, 1.54) is 0 Å². The van der Waals surface area contributed by atoms with Gasteiger partial charge >= 0.3 is 12.1 Å². The molecule has 0 saturated heterocycles. The molecule has 0 radical (unpaired) electrons. The first-order valence-electron chi connectivity index (χ1n) is 10.7. The highest BCUT2D eigenvalue weighted by molar-refractivity contribution is 6.31. The number of carboxylic acid groups (broad SMARTS) is 1. The number of hydrogen-bond donors (Lipinski definition) is 2. The fourth-order valence-electron chi connectivity index (χ4n) is 3.55. The van der Waals surface area contributed by atoms with Crippen molar-refractivity contribution in [3.63, 3.8) is 0 Å². The highest BCUT2D eigenvalue weighted by Gasteiger charge is 2.19. The molecule has 4 rings (SSSR count). The summed E-state index contributed by atoms with van der Waals surface area (Å²) in [4.78, 5) is 23.4. The molecule has 8 heteroatoms. The van der Waals surface area contributed by atoms with Crippen LogP contribution in [0.25, 0.3) is 10.8 Å². The Hall–Kier alpha value is -4.28. The molecule has 1 amide bonds. The van der Waals surface area contributed by atoms with Crippen molar-refractivity contribution < 1.29 is 24.0 Å². The molecule has 2 N–H and O–H groups in total. The number of hydrogen-bond acceptors (Lipinski definition) is 5. The van der Waals surface area contributed by atoms with Crippen molar-refractivity contribution in [1.29, 1.82) is 0 Å². The first kappa shape index (κ1) is 23.9. The van der Waals surface area contributed by atoms with Gasteiger partial charge in [-0.2, -0.15) is 0 Å². The fourth-order valence-corrected chi connectivity index (χ4v) is 3.84. The highest BCUT2D eigenvalue weighted by atomic mass is 35.5. The average molecular weight is 489 g/mol. The van der Waals surface area contributed by atoms with Gasteiger partial charge in [0.25, 0.3) is 0 Å². The number of carbonyl (C=O) groups excluding carboxylic acids is 1. The summed E-state index contributed by atoms with van der Waals surface area (Å²) in [5.74, 6) is 5.24. The monoisotopic (exact) mass is 488 g/mol. The summed E-state index contributed by atoms with van der Waals surface area (Å²) in [5.41, 5.74) is 2.93. The lowest BCUT2D eigenvalue weighted by Crippen LogP contribution is -2.17. The molecule has 0 saturated carbocycles. The minimum atomic E-state index is -0.874. The lowest BCUT2D eigenvalue weighted by Gasteiger charge is -2.15. The van der Waals surface area contributed by atoms with Gasteiger partial charge in [-0.3, -0.25) is 10.1 Å². The Morgan fingerprint density at radius 3 is 2.63 bits per heavy atom. The summed E-state index contributed by atoms with van der Waals surface area (Å²) in [7, 11) is 0. The number of carboxylic acids is 1. The van der Waals surface area contributed by atoms with Gasteiger partial charge < -0.3 is 14.4 Å². The molecule has 0 fully saturated rings. The maximum Gasteiger partial charge on any atom is 0.412 e. The maximum absolute atomic E-state index is 12.5. The predicted molar refractivity (Wildman–Crippen MR) is 132 cm³/mol. The normalized spacial score (nSPS) is 11.4. The summed E-state index contributed by atoms with van der Waals surface area (Å²) in [5, 5.41) is 17.9. The third-order valence-electron chi connectivity index (χ3n) is 5.30. The third-order valence-corrected chi connectivity index (χ3v) is 5.64. The molecule has 0 aliphatic heterocycles. The Labute approximate surface area is 206 Å². The molecule has 7 nitrogen and oxygen atoms in total. The van der Waals surface area contributed by atoms with Gasteiger partial charge in [-0.15, -0.1) is 0 Å². The van der Waals surface area contributed by atoms with Gasteiger partial charge in [-0.1, -0.05) is 65.1 Å².